The van der Waals surface area contributed by atoms with Crippen molar-refractivity contribution in [3.8, 4) is 11.3 Å². The van der Waals surface area contributed by atoms with Gasteiger partial charge in [-0.05, 0) is 50.3 Å². The third-order valence-electron chi connectivity index (χ3n) is 7.00. The third-order valence-corrected chi connectivity index (χ3v) is 7.00. The van der Waals surface area contributed by atoms with Crippen LogP contribution in [0.15, 0.2) is 42.9 Å². The highest BCUT2D eigenvalue weighted by molar-refractivity contribution is 5.89. The molecule has 2 aliphatic heterocycles. The summed E-state index contributed by atoms with van der Waals surface area (Å²) in [4.78, 5) is 22.3. The Morgan fingerprint density at radius 3 is 2.44 bits per heavy atom. The number of nitrogens with one attached hydrogen (secondary N) is 1. The maximum atomic E-state index is 13.0. The van der Waals surface area contributed by atoms with Crippen molar-refractivity contribution >= 4 is 17.6 Å². The number of methoxy groups -OCH3 is 1. The number of nitrogens with zero attached hydrogens (tertiary/aromatic N) is 5. The number of esters is 1. The Morgan fingerprint density at radius 1 is 1.11 bits per heavy atom. The molecule has 2 aromatic heterocycles. The largest absolute Gasteiger partial charge is 0.465 e. The van der Waals surface area contributed by atoms with Gasteiger partial charge in [0.15, 0.2) is 0 Å². The quantitative estimate of drug-likeness (QED) is 0.482. The molecule has 2 aliphatic rings. The highest BCUT2D eigenvalue weighted by Gasteiger charge is 2.45. The van der Waals surface area contributed by atoms with Crippen molar-refractivity contribution < 1.29 is 22.7 Å². The summed E-state index contributed by atoms with van der Waals surface area (Å²) in [6.45, 7) is 1.07. The number of aryl methyl sites for hydroxylation is 1. The van der Waals surface area contributed by atoms with E-state index in [-0.39, 0.29) is 18.1 Å². The monoisotopic (exact) mass is 500 g/mol. The lowest BCUT2D eigenvalue weighted by molar-refractivity contribution is -0.156. The van der Waals surface area contributed by atoms with Gasteiger partial charge < -0.3 is 10.1 Å². The summed E-state index contributed by atoms with van der Waals surface area (Å²) >= 11 is 0. The number of carbonyl (C=O) groups excluding carboxylic acids is 1. The van der Waals surface area contributed by atoms with Crippen LogP contribution in [0.2, 0.25) is 0 Å². The molecule has 0 spiro atoms. The third kappa shape index (κ3) is 5.06. The first-order valence-electron chi connectivity index (χ1n) is 11.9. The van der Waals surface area contributed by atoms with Gasteiger partial charge in [0.1, 0.15) is 0 Å². The molecule has 2 bridgehead atoms. The second-order valence-corrected chi connectivity index (χ2v) is 9.43. The molecule has 11 heteroatoms. The Morgan fingerprint density at radius 2 is 1.81 bits per heavy atom. The summed E-state index contributed by atoms with van der Waals surface area (Å²) in [5, 5.41) is 7.66. The lowest BCUT2D eigenvalue weighted by Crippen LogP contribution is -2.47. The maximum Gasteiger partial charge on any atom is 0.401 e. The average molecular weight is 501 g/mol. The number of benzene rings is 1. The lowest BCUT2D eigenvalue weighted by atomic mass is 9.97. The minimum absolute atomic E-state index is 0.0605. The van der Waals surface area contributed by atoms with E-state index in [4.69, 9.17) is 4.74 Å². The molecule has 8 nitrogen and oxygen atoms in total. The molecule has 36 heavy (non-hydrogen) atoms. The minimum Gasteiger partial charge on any atom is -0.465 e. The lowest BCUT2D eigenvalue weighted by Gasteiger charge is -2.39. The molecular weight excluding hydrogens is 473 g/mol. The van der Waals surface area contributed by atoms with E-state index in [9.17, 15) is 18.0 Å². The Hall–Kier alpha value is -3.47. The van der Waals surface area contributed by atoms with Crippen LogP contribution in [-0.4, -0.2) is 62.5 Å². The Kier molecular flexibility index (Phi) is 6.42. The van der Waals surface area contributed by atoms with Gasteiger partial charge in [0, 0.05) is 30.0 Å². The molecule has 3 aromatic rings. The van der Waals surface area contributed by atoms with Crippen LogP contribution >= 0.6 is 0 Å². The fourth-order valence-electron chi connectivity index (χ4n) is 5.33. The number of rotatable bonds is 6. The van der Waals surface area contributed by atoms with E-state index < -0.39 is 18.7 Å². The molecule has 0 radical (unpaired) electrons. The van der Waals surface area contributed by atoms with Crippen molar-refractivity contribution in [2.75, 3.05) is 19.0 Å². The molecule has 5 rings (SSSR count). The van der Waals surface area contributed by atoms with Crippen molar-refractivity contribution in [2.45, 2.75) is 56.9 Å². The Labute approximate surface area is 206 Å². The van der Waals surface area contributed by atoms with E-state index in [2.05, 4.69) is 20.4 Å². The van der Waals surface area contributed by atoms with E-state index in [1.165, 1.54) is 7.11 Å². The van der Waals surface area contributed by atoms with Crippen LogP contribution in [0.4, 0.5) is 24.8 Å². The first-order chi connectivity index (χ1) is 17.2. The van der Waals surface area contributed by atoms with Gasteiger partial charge >= 0.3 is 12.1 Å². The van der Waals surface area contributed by atoms with Crippen molar-refractivity contribution in [1.29, 1.82) is 0 Å². The van der Waals surface area contributed by atoms with Crippen LogP contribution in [0.5, 0.6) is 0 Å². The summed E-state index contributed by atoms with van der Waals surface area (Å²) in [6.07, 6.45) is 3.98. The smallest absolute Gasteiger partial charge is 0.401 e. The number of hydrogen-bond donors (Lipinski definition) is 1. The number of anilines is 2. The zero-order valence-electron chi connectivity index (χ0n) is 20.0. The summed E-state index contributed by atoms with van der Waals surface area (Å²) in [7, 11) is 1.34. The zero-order valence-corrected chi connectivity index (χ0v) is 20.0. The molecule has 1 aromatic carbocycles. The molecule has 4 heterocycles. The van der Waals surface area contributed by atoms with Crippen molar-refractivity contribution in [1.82, 2.24) is 24.6 Å². The van der Waals surface area contributed by atoms with Gasteiger partial charge in [-0.15, -0.1) is 0 Å². The maximum absolute atomic E-state index is 13.0. The molecular formula is C25H27F3N6O2. The fourth-order valence-corrected chi connectivity index (χ4v) is 5.33. The van der Waals surface area contributed by atoms with Gasteiger partial charge in [-0.2, -0.15) is 18.3 Å². The van der Waals surface area contributed by atoms with Crippen molar-refractivity contribution in [3.63, 3.8) is 0 Å². The second-order valence-electron chi connectivity index (χ2n) is 9.43. The Bertz CT molecular complexity index is 1230. The predicted molar refractivity (Wildman–Crippen MR) is 127 cm³/mol. The van der Waals surface area contributed by atoms with E-state index in [1.54, 1.807) is 29.4 Å². The number of aromatic nitrogens is 4. The molecule has 190 valence electrons. The average Bonchev–Trinajstić information content (AvgIpc) is 3.39. The number of hydrogen-bond acceptors (Lipinski definition) is 7. The summed E-state index contributed by atoms with van der Waals surface area (Å²) < 4.78 is 45.5. The highest BCUT2D eigenvalue weighted by Crippen LogP contribution is 2.42. The molecule has 0 saturated carbocycles. The summed E-state index contributed by atoms with van der Waals surface area (Å²) in [5.41, 5.74) is 3.60. The molecule has 1 N–H and O–H groups in total. The molecule has 1 unspecified atom stereocenters. The van der Waals surface area contributed by atoms with E-state index in [0.29, 0.717) is 30.0 Å². The fraction of sp³-hybridized carbons (Fsp3) is 0.440. The normalized spacial score (nSPS) is 22.0. The van der Waals surface area contributed by atoms with Gasteiger partial charge in [-0.25, -0.2) is 14.8 Å². The van der Waals surface area contributed by atoms with Gasteiger partial charge in [-0.1, -0.05) is 12.1 Å². The molecule has 3 atom stereocenters. The predicted octanol–water partition coefficient (Wildman–Crippen LogP) is 4.91. The summed E-state index contributed by atoms with van der Waals surface area (Å²) in [5.74, 6) is -0.00776. The summed E-state index contributed by atoms with van der Waals surface area (Å²) in [6, 6.07) is 6.92. The standard InChI is InChI=1S/C25H27F3N6O2/c1-15-11-29-24(32-22(15)16-3-5-17(6-4-16)23(35)36-2)31-18-12-30-34(13-18)21-9-19-7-8-20(10-21)33(19)14-25(26,27)28/h3-6,11-13,19-21H,7-10,14H2,1-2H3,(H,29,31,32)/t19-,20+,21?. The SMILES string of the molecule is COC(=O)c1ccc(-c2nc(Nc3cnn(C4C[C@H]5CC[C@@H](C4)N5CC(F)(F)F)c3)ncc2C)cc1. The molecule has 0 aliphatic carbocycles. The first kappa shape index (κ1) is 24.2. The minimum atomic E-state index is -4.17. The van der Waals surface area contributed by atoms with Gasteiger partial charge in [-0.3, -0.25) is 9.58 Å². The number of alkyl halides is 3. The van der Waals surface area contributed by atoms with Crippen LogP contribution in [0.3, 0.4) is 0 Å². The highest BCUT2D eigenvalue weighted by atomic mass is 19.4. The van der Waals surface area contributed by atoms with Gasteiger partial charge in [0.05, 0.1) is 42.8 Å². The van der Waals surface area contributed by atoms with Crippen LogP contribution in [0, 0.1) is 6.92 Å². The van der Waals surface area contributed by atoms with Gasteiger partial charge in [0.2, 0.25) is 5.95 Å². The van der Waals surface area contributed by atoms with Crippen LogP contribution < -0.4 is 5.32 Å². The molecule has 2 saturated heterocycles. The van der Waals surface area contributed by atoms with E-state index in [1.807, 2.05) is 29.9 Å². The van der Waals surface area contributed by atoms with Crippen LogP contribution in [-0.2, 0) is 4.74 Å². The van der Waals surface area contributed by atoms with Crippen LogP contribution in [0.1, 0.15) is 47.6 Å². The number of piperidine rings is 1. The van der Waals surface area contributed by atoms with Crippen molar-refractivity contribution in [2.24, 2.45) is 0 Å². The van der Waals surface area contributed by atoms with E-state index in [0.717, 1.165) is 29.7 Å². The number of fused-ring (bicyclic) bond motifs is 2. The number of carbonyl (C=O) groups is 1. The Balaban J connectivity index is 1.28. The van der Waals surface area contributed by atoms with E-state index >= 15 is 0 Å². The topological polar surface area (TPSA) is 85.2 Å². The first-order valence-corrected chi connectivity index (χ1v) is 11.9. The zero-order chi connectivity index (χ0) is 25.4. The second kappa shape index (κ2) is 9.53. The van der Waals surface area contributed by atoms with Gasteiger partial charge in [0.25, 0.3) is 0 Å². The number of halogens is 3. The van der Waals surface area contributed by atoms with Crippen LogP contribution in [0.25, 0.3) is 11.3 Å². The van der Waals surface area contributed by atoms with Crippen molar-refractivity contribution in [3.05, 3.63) is 54.0 Å². The molecule has 0 amide bonds. The number of ether oxygens (including phenoxy) is 1. The molecule has 2 fully saturated rings.